The molecule has 362 valence electrons. The number of nitrogens with two attached hydrogens (primary N) is 1. The maximum absolute atomic E-state index is 12.8. The summed E-state index contributed by atoms with van der Waals surface area (Å²) in [7, 11) is 1.30. The summed E-state index contributed by atoms with van der Waals surface area (Å²) in [5.74, 6) is -0.424. The van der Waals surface area contributed by atoms with Gasteiger partial charge >= 0.3 is 18.0 Å². The Morgan fingerprint density at radius 3 is 1.60 bits per heavy atom. The molecule has 2 fully saturated rings. The largest absolute Gasteiger partial charge is 0.506 e. The Morgan fingerprint density at radius 1 is 0.735 bits per heavy atom. The third-order valence-electron chi connectivity index (χ3n) is 12.2. The van der Waals surface area contributed by atoms with Crippen LogP contribution in [0.15, 0.2) is 102 Å². The Kier molecular flexibility index (Phi) is 20.2. The quantitative estimate of drug-likeness (QED) is 0.0871. The molecule has 7 N–H and O–H groups in total. The molecule has 2 aliphatic heterocycles. The highest BCUT2D eigenvalue weighted by atomic mass is 79.9. The Bertz CT molecular complexity index is 2520. The fourth-order valence-corrected chi connectivity index (χ4v) is 11.1. The normalized spacial score (nSPS) is 16.6. The lowest BCUT2D eigenvalue weighted by molar-refractivity contribution is -0.142. The van der Waals surface area contributed by atoms with Gasteiger partial charge in [0.1, 0.15) is 23.6 Å². The van der Waals surface area contributed by atoms with Gasteiger partial charge in [0.15, 0.2) is 11.6 Å². The standard InChI is InChI=1S/C25H24Br2N2O5.C15H17NO.C10H11Br2NO3.CH4/c26-19-9-14(10-20(27)23(19)31)11-21(24(32)33)28-25(34)29-7-5-15(6-8-29)18-12-16-3-1-2-4-17(16)13-22(18)30;17-15-10-13-4-2-1-3-12(13)9-14(15)11-5-7-16-8-6-11;1-16-10(15)8(13)4-5-2-6(11)9(14)7(12)3-5;/h1-4,9-10,12,15,21,31H,5-8,11,13H2,(H,28,34)(H,32,33);1-4,9,11,16H,5-8,10H2;2-3,8,14H,4,13H2,1H3;1H4/t21-;;8-;/m1.1./s1. The third kappa shape index (κ3) is 14.2. The molecule has 17 heteroatoms. The first-order valence-electron chi connectivity index (χ1n) is 21.8. The van der Waals surface area contributed by atoms with E-state index in [1.165, 1.54) is 18.2 Å². The number of ketones is 2. The van der Waals surface area contributed by atoms with Gasteiger partial charge in [-0.15, -0.1) is 0 Å². The van der Waals surface area contributed by atoms with Crippen molar-refractivity contribution in [3.05, 3.63) is 135 Å². The molecule has 0 bridgehead atoms. The average molecular weight is 1190 g/mol. The Balaban J connectivity index is 0.000000212. The molecule has 4 aliphatic rings. The molecule has 8 rings (SSSR count). The number of piperidine rings is 2. The number of benzene rings is 4. The van der Waals surface area contributed by atoms with E-state index >= 15 is 0 Å². The Labute approximate surface area is 430 Å². The number of esters is 1. The van der Waals surface area contributed by atoms with Gasteiger partial charge in [0, 0.05) is 32.4 Å². The maximum Gasteiger partial charge on any atom is 0.326 e. The minimum absolute atomic E-state index is 0. The van der Waals surface area contributed by atoms with Crippen LogP contribution in [0.3, 0.4) is 0 Å². The molecule has 0 spiro atoms. The summed E-state index contributed by atoms with van der Waals surface area (Å²) in [5.41, 5.74) is 13.5. The molecule has 2 atom stereocenters. The molecule has 4 aromatic rings. The number of nitrogens with one attached hydrogen (secondary N) is 2. The highest BCUT2D eigenvalue weighted by Gasteiger charge is 2.32. The summed E-state index contributed by atoms with van der Waals surface area (Å²) in [6.07, 6.45) is 9.02. The summed E-state index contributed by atoms with van der Waals surface area (Å²) in [5, 5.41) is 35.0. The van der Waals surface area contributed by atoms with E-state index in [1.54, 1.807) is 29.2 Å². The molecule has 0 saturated carbocycles. The number of allylic oxidation sites excluding steroid dienone is 2. The van der Waals surface area contributed by atoms with E-state index in [2.05, 4.69) is 97.3 Å². The highest BCUT2D eigenvalue weighted by molar-refractivity contribution is 9.11. The number of hydrogen-bond donors (Lipinski definition) is 6. The number of methoxy groups -OCH3 is 1. The second-order valence-electron chi connectivity index (χ2n) is 16.8. The molecule has 13 nitrogen and oxygen atoms in total. The van der Waals surface area contributed by atoms with E-state index in [1.807, 2.05) is 42.5 Å². The first-order chi connectivity index (χ1) is 32.0. The van der Waals surface area contributed by atoms with Crippen molar-refractivity contribution >= 4 is 105 Å². The zero-order chi connectivity index (χ0) is 48.4. The first kappa shape index (κ1) is 54.3. The SMILES string of the molecule is C.COC(=O)[C@H](N)Cc1cc(Br)c(O)c(Br)c1.O=C1Cc2ccccc2C=C1C1CCN(C(=O)N[C@H](Cc2cc(Br)c(O)c(Br)c2)C(=O)O)CC1.O=C1Cc2ccccc2C=C1C1CCNCC1. The number of carboxylic acids is 1. The number of phenolic OH excluding ortho intramolecular Hbond substituents is 2. The second kappa shape index (κ2) is 25.3. The minimum atomic E-state index is -1.14. The zero-order valence-corrected chi connectivity index (χ0v) is 43.0. The van der Waals surface area contributed by atoms with Gasteiger partial charge in [-0.25, -0.2) is 9.59 Å². The van der Waals surface area contributed by atoms with Crippen LogP contribution in [0.4, 0.5) is 4.79 Å². The van der Waals surface area contributed by atoms with Crippen LogP contribution in [0.2, 0.25) is 0 Å². The number of urea groups is 1. The predicted molar refractivity (Wildman–Crippen MR) is 277 cm³/mol. The van der Waals surface area contributed by atoms with Gasteiger partial charge < -0.3 is 41.3 Å². The van der Waals surface area contributed by atoms with Crippen molar-refractivity contribution in [1.82, 2.24) is 15.5 Å². The summed E-state index contributed by atoms with van der Waals surface area (Å²) in [4.78, 5) is 62.2. The van der Waals surface area contributed by atoms with E-state index in [-0.39, 0.29) is 37.0 Å². The highest BCUT2D eigenvalue weighted by Crippen LogP contribution is 2.36. The van der Waals surface area contributed by atoms with Gasteiger partial charge in [0.05, 0.1) is 25.0 Å². The molecule has 2 heterocycles. The number of phenols is 2. The van der Waals surface area contributed by atoms with Crippen molar-refractivity contribution in [2.24, 2.45) is 17.6 Å². The van der Waals surface area contributed by atoms with Crippen molar-refractivity contribution in [2.45, 2.75) is 70.9 Å². The molecule has 68 heavy (non-hydrogen) atoms. The van der Waals surface area contributed by atoms with Crippen molar-refractivity contribution < 1.29 is 44.0 Å². The molecule has 0 unspecified atom stereocenters. The smallest absolute Gasteiger partial charge is 0.326 e. The number of carbonyl (C=O) groups is 5. The summed E-state index contributed by atoms with van der Waals surface area (Å²) in [6, 6.07) is 20.5. The molecule has 2 amide bonds. The van der Waals surface area contributed by atoms with Gasteiger partial charge in [-0.1, -0.05) is 56.0 Å². The molecule has 0 aromatic heterocycles. The number of rotatable bonds is 9. The first-order valence-corrected chi connectivity index (χ1v) is 25.0. The lowest BCUT2D eigenvalue weighted by Gasteiger charge is -2.34. The van der Waals surface area contributed by atoms with Crippen LogP contribution in [-0.4, -0.2) is 95.1 Å². The van der Waals surface area contributed by atoms with Crippen LogP contribution < -0.4 is 16.4 Å². The van der Waals surface area contributed by atoms with Crippen LogP contribution >= 0.6 is 63.7 Å². The van der Waals surface area contributed by atoms with Crippen molar-refractivity contribution in [3.8, 4) is 11.5 Å². The summed E-state index contributed by atoms with van der Waals surface area (Å²) in [6.45, 7) is 2.98. The van der Waals surface area contributed by atoms with Gasteiger partial charge in [-0.2, -0.15) is 0 Å². The molecule has 0 radical (unpaired) electrons. The topological polar surface area (TPSA) is 209 Å². The number of hydrogen-bond acceptors (Lipinski definition) is 10. The van der Waals surface area contributed by atoms with Gasteiger partial charge in [-0.3, -0.25) is 14.4 Å². The predicted octanol–water partition coefficient (Wildman–Crippen LogP) is 9.33. The monoisotopic (exact) mass is 1180 g/mol. The summed E-state index contributed by atoms with van der Waals surface area (Å²) < 4.78 is 6.50. The van der Waals surface area contributed by atoms with Crippen LogP contribution in [0.5, 0.6) is 11.5 Å². The molecular formula is C51H56Br4N4O9. The number of halogens is 4. The second-order valence-corrected chi connectivity index (χ2v) is 20.2. The minimum Gasteiger partial charge on any atom is -0.506 e. The molecule has 2 aliphatic carbocycles. The van der Waals surface area contributed by atoms with Crippen LogP contribution in [0.1, 0.15) is 66.5 Å². The number of amides is 2. The van der Waals surface area contributed by atoms with Crippen LogP contribution in [0, 0.1) is 11.8 Å². The maximum atomic E-state index is 12.8. The van der Waals surface area contributed by atoms with Crippen molar-refractivity contribution in [3.63, 3.8) is 0 Å². The zero-order valence-electron chi connectivity index (χ0n) is 36.7. The van der Waals surface area contributed by atoms with Crippen molar-refractivity contribution in [2.75, 3.05) is 33.3 Å². The number of ether oxygens (including phenoxy) is 1. The van der Waals surface area contributed by atoms with E-state index < -0.39 is 30.1 Å². The Hall–Kier alpha value is -4.65. The molecular weight excluding hydrogens is 1130 g/mol. The third-order valence-corrected chi connectivity index (χ3v) is 14.6. The van der Waals surface area contributed by atoms with E-state index in [4.69, 9.17) is 5.73 Å². The number of aromatic hydroxyl groups is 2. The Morgan fingerprint density at radius 2 is 1.16 bits per heavy atom. The summed E-state index contributed by atoms with van der Waals surface area (Å²) >= 11 is 12.9. The van der Waals surface area contributed by atoms with Crippen LogP contribution in [0.25, 0.3) is 12.2 Å². The number of likely N-dealkylation sites (tertiary alicyclic amines) is 1. The van der Waals surface area contributed by atoms with Gasteiger partial charge in [-0.05, 0) is 202 Å². The lowest BCUT2D eigenvalue weighted by Crippen LogP contribution is -2.51. The number of carboxylic acid groups (broad SMARTS) is 1. The fourth-order valence-electron chi connectivity index (χ4n) is 8.57. The number of fused-ring (bicyclic) bond motifs is 2. The van der Waals surface area contributed by atoms with Crippen molar-refractivity contribution in [1.29, 1.82) is 0 Å². The molecule has 4 aromatic carbocycles. The number of aliphatic carboxylic acids is 1. The number of Topliss-reactive ketones (excluding diaryl/α,β-unsaturated/α-hetero) is 2. The number of nitrogens with zero attached hydrogens (tertiary/aromatic N) is 1. The van der Waals surface area contributed by atoms with Gasteiger partial charge in [0.2, 0.25) is 0 Å². The van der Waals surface area contributed by atoms with Crippen LogP contribution in [-0.2, 0) is 49.6 Å². The van der Waals surface area contributed by atoms with E-state index in [0.29, 0.717) is 80.3 Å². The van der Waals surface area contributed by atoms with E-state index in [9.17, 15) is 39.3 Å². The lowest BCUT2D eigenvalue weighted by atomic mass is 9.80. The average Bonchev–Trinajstić information content (AvgIpc) is 3.32. The van der Waals surface area contributed by atoms with E-state index in [0.717, 1.165) is 53.8 Å². The fraction of sp³-hybridized carbons (Fsp3) is 0.353. The molecule has 2 saturated heterocycles. The van der Waals surface area contributed by atoms with Gasteiger partial charge in [0.25, 0.3) is 0 Å². The number of carbonyl (C=O) groups excluding carboxylic acids is 4.